The summed E-state index contributed by atoms with van der Waals surface area (Å²) >= 11 is 3.36. The Labute approximate surface area is 107 Å². The van der Waals surface area contributed by atoms with Gasteiger partial charge in [0.25, 0.3) is 0 Å². The number of fused-ring (bicyclic) bond motifs is 1. The normalized spacial score (nSPS) is 10.5. The number of methoxy groups -OCH3 is 1. The van der Waals surface area contributed by atoms with E-state index in [1.54, 1.807) is 6.92 Å². The first-order valence-electron chi connectivity index (χ1n) is 4.98. The summed E-state index contributed by atoms with van der Waals surface area (Å²) in [6.45, 7) is 1.74. The Morgan fingerprint density at radius 2 is 2.18 bits per heavy atom. The van der Waals surface area contributed by atoms with Gasteiger partial charge in [-0.25, -0.2) is 4.79 Å². The van der Waals surface area contributed by atoms with Crippen LogP contribution < -0.4 is 5.73 Å². The minimum atomic E-state index is -0.464. The highest BCUT2D eigenvalue weighted by Gasteiger charge is 2.17. The Kier molecular flexibility index (Phi) is 3.02. The number of aryl methyl sites for hydroxylation is 1. The van der Waals surface area contributed by atoms with Crippen molar-refractivity contribution in [1.82, 2.24) is 4.98 Å². The highest BCUT2D eigenvalue weighted by molar-refractivity contribution is 9.10. The number of ether oxygens (including phenoxy) is 1. The number of hydrogen-bond acceptors (Lipinski definition) is 4. The second kappa shape index (κ2) is 4.33. The summed E-state index contributed by atoms with van der Waals surface area (Å²) in [5, 5.41) is 0.741. The number of benzene rings is 1. The molecule has 1 aromatic heterocycles. The van der Waals surface area contributed by atoms with Crippen LogP contribution in [0.3, 0.4) is 0 Å². The summed E-state index contributed by atoms with van der Waals surface area (Å²) in [4.78, 5) is 16.0. The van der Waals surface area contributed by atoms with Crippen LogP contribution in [-0.2, 0) is 4.74 Å². The van der Waals surface area contributed by atoms with Crippen molar-refractivity contribution in [3.8, 4) is 0 Å². The summed E-state index contributed by atoms with van der Waals surface area (Å²) in [6, 6.07) is 5.57. The third kappa shape index (κ3) is 1.98. The molecule has 17 heavy (non-hydrogen) atoms. The summed E-state index contributed by atoms with van der Waals surface area (Å²) in [6.07, 6.45) is 0. The van der Waals surface area contributed by atoms with Crippen LogP contribution in [0.25, 0.3) is 10.9 Å². The van der Waals surface area contributed by atoms with E-state index in [4.69, 9.17) is 10.5 Å². The first kappa shape index (κ1) is 11.9. The largest absolute Gasteiger partial charge is 0.465 e. The van der Waals surface area contributed by atoms with Crippen molar-refractivity contribution in [1.29, 1.82) is 0 Å². The summed E-state index contributed by atoms with van der Waals surface area (Å²) < 4.78 is 5.59. The predicted octanol–water partition coefficient (Wildman–Crippen LogP) is 2.67. The van der Waals surface area contributed by atoms with E-state index in [9.17, 15) is 4.79 Å². The molecule has 5 heteroatoms. The molecule has 2 rings (SSSR count). The lowest BCUT2D eigenvalue weighted by Crippen LogP contribution is -2.10. The number of rotatable bonds is 1. The Bertz CT molecular complexity index is 611. The molecule has 0 aliphatic heterocycles. The summed E-state index contributed by atoms with van der Waals surface area (Å²) in [5.41, 5.74) is 8.07. The maximum atomic E-state index is 11.6. The lowest BCUT2D eigenvalue weighted by atomic mass is 10.1. The smallest absolute Gasteiger partial charge is 0.341 e. The number of hydrogen-bond donors (Lipinski definition) is 1. The molecule has 4 nitrogen and oxygen atoms in total. The zero-order valence-corrected chi connectivity index (χ0v) is 11.0. The van der Waals surface area contributed by atoms with Crippen molar-refractivity contribution < 1.29 is 9.53 Å². The number of anilines is 1. The molecular weight excluding hydrogens is 284 g/mol. The quantitative estimate of drug-likeness (QED) is 0.821. The van der Waals surface area contributed by atoms with Gasteiger partial charge in [-0.1, -0.05) is 15.9 Å². The molecule has 2 aromatic rings. The second-order valence-electron chi connectivity index (χ2n) is 3.64. The maximum Gasteiger partial charge on any atom is 0.341 e. The van der Waals surface area contributed by atoms with E-state index in [-0.39, 0.29) is 0 Å². The monoisotopic (exact) mass is 294 g/mol. The van der Waals surface area contributed by atoms with Crippen LogP contribution in [0.1, 0.15) is 16.1 Å². The Morgan fingerprint density at radius 3 is 2.82 bits per heavy atom. The van der Waals surface area contributed by atoms with E-state index in [1.807, 2.05) is 18.2 Å². The number of carbonyl (C=O) groups is 1. The molecule has 0 radical (unpaired) electrons. The molecule has 1 aromatic carbocycles. The van der Waals surface area contributed by atoms with Crippen LogP contribution in [0.5, 0.6) is 0 Å². The molecule has 0 saturated carbocycles. The fourth-order valence-electron chi connectivity index (χ4n) is 1.75. The van der Waals surface area contributed by atoms with Crippen molar-refractivity contribution in [3.05, 3.63) is 33.9 Å². The molecule has 0 aliphatic rings. The molecule has 0 bridgehead atoms. The molecule has 0 aliphatic carbocycles. The molecule has 2 N–H and O–H groups in total. The van der Waals surface area contributed by atoms with Gasteiger partial charge in [-0.15, -0.1) is 0 Å². The van der Waals surface area contributed by atoms with E-state index < -0.39 is 5.97 Å². The molecular formula is C12H11BrN2O2. The van der Waals surface area contributed by atoms with E-state index in [0.717, 1.165) is 15.4 Å². The zero-order valence-electron chi connectivity index (χ0n) is 9.45. The van der Waals surface area contributed by atoms with Crippen LogP contribution in [-0.4, -0.2) is 18.1 Å². The summed E-state index contributed by atoms with van der Waals surface area (Å²) in [5.74, 6) is -0.464. The zero-order chi connectivity index (χ0) is 12.6. The minimum Gasteiger partial charge on any atom is -0.465 e. The highest BCUT2D eigenvalue weighted by Crippen LogP contribution is 2.28. The third-order valence-corrected chi connectivity index (χ3v) is 3.05. The van der Waals surface area contributed by atoms with Crippen molar-refractivity contribution in [2.45, 2.75) is 6.92 Å². The van der Waals surface area contributed by atoms with E-state index >= 15 is 0 Å². The third-order valence-electron chi connectivity index (χ3n) is 2.56. The topological polar surface area (TPSA) is 65.2 Å². The second-order valence-corrected chi connectivity index (χ2v) is 4.55. The van der Waals surface area contributed by atoms with Crippen LogP contribution in [0.2, 0.25) is 0 Å². The number of esters is 1. The fourth-order valence-corrected chi connectivity index (χ4v) is 2.11. The van der Waals surface area contributed by atoms with E-state index in [2.05, 4.69) is 20.9 Å². The molecule has 1 heterocycles. The highest BCUT2D eigenvalue weighted by atomic mass is 79.9. The van der Waals surface area contributed by atoms with Gasteiger partial charge in [-0.3, -0.25) is 4.98 Å². The SMILES string of the molecule is COC(=O)c1c(C)nc2ccc(Br)cc2c1N. The lowest BCUT2D eigenvalue weighted by molar-refractivity contribution is 0.0601. The molecule has 0 amide bonds. The lowest BCUT2D eigenvalue weighted by Gasteiger charge is -2.10. The van der Waals surface area contributed by atoms with Gasteiger partial charge < -0.3 is 10.5 Å². The molecule has 0 fully saturated rings. The van der Waals surface area contributed by atoms with Gasteiger partial charge in [-0.05, 0) is 25.1 Å². The fraction of sp³-hybridized carbons (Fsp3) is 0.167. The van der Waals surface area contributed by atoms with Crippen LogP contribution >= 0.6 is 15.9 Å². The Hall–Kier alpha value is -1.62. The predicted molar refractivity (Wildman–Crippen MR) is 69.9 cm³/mol. The van der Waals surface area contributed by atoms with Gasteiger partial charge >= 0.3 is 5.97 Å². The van der Waals surface area contributed by atoms with Gasteiger partial charge in [0.05, 0.1) is 24.0 Å². The van der Waals surface area contributed by atoms with Crippen molar-refractivity contribution in [2.24, 2.45) is 0 Å². The molecule has 88 valence electrons. The van der Waals surface area contributed by atoms with Gasteiger partial charge in [0, 0.05) is 9.86 Å². The van der Waals surface area contributed by atoms with Crippen LogP contribution in [0.15, 0.2) is 22.7 Å². The van der Waals surface area contributed by atoms with E-state index in [1.165, 1.54) is 7.11 Å². The van der Waals surface area contributed by atoms with Gasteiger partial charge in [-0.2, -0.15) is 0 Å². The number of aromatic nitrogens is 1. The number of halogens is 1. The van der Waals surface area contributed by atoms with E-state index in [0.29, 0.717) is 16.9 Å². The van der Waals surface area contributed by atoms with Crippen molar-refractivity contribution in [2.75, 3.05) is 12.8 Å². The Balaban J connectivity index is 2.82. The van der Waals surface area contributed by atoms with Crippen LogP contribution in [0.4, 0.5) is 5.69 Å². The summed E-state index contributed by atoms with van der Waals surface area (Å²) in [7, 11) is 1.33. The number of nitrogens with zero attached hydrogens (tertiary/aromatic N) is 1. The average Bonchev–Trinajstić information content (AvgIpc) is 2.30. The maximum absolute atomic E-state index is 11.6. The van der Waals surface area contributed by atoms with Crippen molar-refractivity contribution in [3.63, 3.8) is 0 Å². The van der Waals surface area contributed by atoms with Crippen molar-refractivity contribution >= 4 is 38.5 Å². The van der Waals surface area contributed by atoms with Gasteiger partial charge in [0.2, 0.25) is 0 Å². The van der Waals surface area contributed by atoms with Gasteiger partial charge in [0.1, 0.15) is 5.56 Å². The Morgan fingerprint density at radius 1 is 1.47 bits per heavy atom. The molecule has 0 unspecified atom stereocenters. The number of pyridine rings is 1. The number of nitrogens with two attached hydrogens (primary N) is 1. The molecule has 0 atom stereocenters. The van der Waals surface area contributed by atoms with Gasteiger partial charge in [0.15, 0.2) is 0 Å². The first-order valence-corrected chi connectivity index (χ1v) is 5.77. The number of nitrogen functional groups attached to an aromatic ring is 1. The standard InChI is InChI=1S/C12H11BrN2O2/c1-6-10(12(16)17-2)11(14)8-5-7(13)3-4-9(8)15-6/h3-5H,1-2H3,(H2,14,15). The minimum absolute atomic E-state index is 0.332. The molecule has 0 saturated heterocycles. The number of carbonyl (C=O) groups excluding carboxylic acids is 1. The first-order chi connectivity index (χ1) is 8.04. The van der Waals surface area contributed by atoms with Crippen LogP contribution in [0, 0.1) is 6.92 Å². The molecule has 0 spiro atoms. The average molecular weight is 295 g/mol.